The standard InChI is InChI=1S/C26H32N4O4/c1-3-33-23-10-6-20(7-11-23)28-26(31)27-19-24(25-5-4-18-34-25)30-16-14-29(15-17-30)21-8-12-22(32-2)13-9-21/h4-13,18,24H,3,14-17,19H2,1-2H3,(H2,27,28,31). The Morgan fingerprint density at radius 1 is 1.00 bits per heavy atom. The Balaban J connectivity index is 1.33. The number of urea groups is 1. The zero-order chi connectivity index (χ0) is 23.8. The van der Waals surface area contributed by atoms with Crippen molar-refractivity contribution in [3.63, 3.8) is 0 Å². The molecule has 0 aliphatic carbocycles. The summed E-state index contributed by atoms with van der Waals surface area (Å²) in [5.74, 6) is 2.48. The molecule has 2 heterocycles. The zero-order valence-electron chi connectivity index (χ0n) is 19.7. The van der Waals surface area contributed by atoms with Crippen molar-refractivity contribution in [2.75, 3.05) is 56.7 Å². The number of nitrogens with one attached hydrogen (secondary N) is 2. The van der Waals surface area contributed by atoms with Gasteiger partial charge in [0.1, 0.15) is 17.3 Å². The van der Waals surface area contributed by atoms with Crippen molar-refractivity contribution in [3.8, 4) is 11.5 Å². The minimum Gasteiger partial charge on any atom is -0.497 e. The van der Waals surface area contributed by atoms with Gasteiger partial charge >= 0.3 is 6.03 Å². The van der Waals surface area contributed by atoms with Crippen LogP contribution >= 0.6 is 0 Å². The molecule has 1 atom stereocenters. The number of anilines is 2. The van der Waals surface area contributed by atoms with E-state index in [9.17, 15) is 4.79 Å². The maximum absolute atomic E-state index is 12.5. The van der Waals surface area contributed by atoms with E-state index in [1.54, 1.807) is 13.4 Å². The minimum atomic E-state index is -0.252. The Hall–Kier alpha value is -3.65. The molecule has 1 aliphatic rings. The van der Waals surface area contributed by atoms with Gasteiger partial charge in [-0.1, -0.05) is 0 Å². The SMILES string of the molecule is CCOc1ccc(NC(=O)NCC(c2ccco2)N2CCN(c3ccc(OC)cc3)CC2)cc1. The van der Waals surface area contributed by atoms with Crippen molar-refractivity contribution in [1.29, 1.82) is 0 Å². The highest BCUT2D eigenvalue weighted by Crippen LogP contribution is 2.25. The van der Waals surface area contributed by atoms with Gasteiger partial charge in [-0.3, -0.25) is 4.90 Å². The van der Waals surface area contributed by atoms with Crippen LogP contribution in [0.4, 0.5) is 16.2 Å². The number of amides is 2. The number of ether oxygens (including phenoxy) is 2. The summed E-state index contributed by atoms with van der Waals surface area (Å²) in [7, 11) is 1.68. The van der Waals surface area contributed by atoms with E-state index >= 15 is 0 Å². The lowest BCUT2D eigenvalue weighted by Gasteiger charge is -2.39. The van der Waals surface area contributed by atoms with Gasteiger partial charge in [-0.25, -0.2) is 4.79 Å². The molecular formula is C26H32N4O4. The largest absolute Gasteiger partial charge is 0.497 e. The second kappa shape index (κ2) is 11.5. The van der Waals surface area contributed by atoms with Gasteiger partial charge in [0, 0.05) is 44.1 Å². The topological polar surface area (TPSA) is 79.2 Å². The third-order valence-corrected chi connectivity index (χ3v) is 5.94. The number of carbonyl (C=O) groups excluding carboxylic acids is 1. The highest BCUT2D eigenvalue weighted by Gasteiger charge is 2.27. The number of hydrogen-bond acceptors (Lipinski definition) is 6. The van der Waals surface area contributed by atoms with Gasteiger partial charge in [-0.2, -0.15) is 0 Å². The molecule has 34 heavy (non-hydrogen) atoms. The average molecular weight is 465 g/mol. The molecule has 3 aromatic rings. The van der Waals surface area contributed by atoms with Crippen molar-refractivity contribution < 1.29 is 18.7 Å². The molecule has 1 saturated heterocycles. The van der Waals surface area contributed by atoms with E-state index in [-0.39, 0.29) is 12.1 Å². The molecule has 0 bridgehead atoms. The van der Waals surface area contributed by atoms with E-state index < -0.39 is 0 Å². The predicted molar refractivity (Wildman–Crippen MR) is 133 cm³/mol. The fourth-order valence-electron chi connectivity index (χ4n) is 4.14. The van der Waals surface area contributed by atoms with Crippen LogP contribution in [0, 0.1) is 0 Å². The zero-order valence-corrected chi connectivity index (χ0v) is 19.7. The molecule has 1 unspecified atom stereocenters. The normalized spacial score (nSPS) is 14.9. The molecule has 1 fully saturated rings. The number of rotatable bonds is 9. The lowest BCUT2D eigenvalue weighted by molar-refractivity contribution is 0.162. The molecular weight excluding hydrogens is 432 g/mol. The number of piperazine rings is 1. The van der Waals surface area contributed by atoms with Crippen molar-refractivity contribution in [2.45, 2.75) is 13.0 Å². The summed E-state index contributed by atoms with van der Waals surface area (Å²) in [6.45, 7) is 6.49. The molecule has 2 amide bonds. The number of furan rings is 1. The van der Waals surface area contributed by atoms with Crippen LogP contribution in [0.25, 0.3) is 0 Å². The Labute approximate surface area is 200 Å². The number of hydrogen-bond donors (Lipinski definition) is 2. The van der Waals surface area contributed by atoms with E-state index in [0.29, 0.717) is 18.8 Å². The fraction of sp³-hybridized carbons (Fsp3) is 0.346. The maximum atomic E-state index is 12.5. The summed E-state index contributed by atoms with van der Waals surface area (Å²) >= 11 is 0. The Morgan fingerprint density at radius 3 is 2.32 bits per heavy atom. The Bertz CT molecular complexity index is 1010. The third-order valence-electron chi connectivity index (χ3n) is 5.94. The van der Waals surface area contributed by atoms with Crippen LogP contribution in [0.3, 0.4) is 0 Å². The molecule has 4 rings (SSSR count). The second-order valence-electron chi connectivity index (χ2n) is 8.04. The van der Waals surface area contributed by atoms with Crippen molar-refractivity contribution in [3.05, 3.63) is 72.7 Å². The summed E-state index contributed by atoms with van der Waals surface area (Å²) in [4.78, 5) is 17.3. The number of nitrogens with zero attached hydrogens (tertiary/aromatic N) is 2. The van der Waals surface area contributed by atoms with Crippen molar-refractivity contribution in [2.24, 2.45) is 0 Å². The van der Waals surface area contributed by atoms with E-state index in [1.807, 2.05) is 55.5 Å². The van der Waals surface area contributed by atoms with Crippen molar-refractivity contribution in [1.82, 2.24) is 10.2 Å². The highest BCUT2D eigenvalue weighted by atomic mass is 16.5. The lowest BCUT2D eigenvalue weighted by atomic mass is 10.1. The molecule has 0 spiro atoms. The number of methoxy groups -OCH3 is 1. The van der Waals surface area contributed by atoms with Gasteiger partial charge in [0.25, 0.3) is 0 Å². The number of benzene rings is 2. The van der Waals surface area contributed by atoms with Crippen LogP contribution < -0.4 is 25.0 Å². The Kier molecular flexibility index (Phi) is 7.93. The van der Waals surface area contributed by atoms with E-state index in [2.05, 4.69) is 32.6 Å². The van der Waals surface area contributed by atoms with Gasteiger partial charge < -0.3 is 29.4 Å². The van der Waals surface area contributed by atoms with E-state index in [1.165, 1.54) is 5.69 Å². The fourth-order valence-corrected chi connectivity index (χ4v) is 4.14. The van der Waals surface area contributed by atoms with Crippen molar-refractivity contribution >= 4 is 17.4 Å². The highest BCUT2D eigenvalue weighted by molar-refractivity contribution is 5.89. The molecule has 2 aromatic carbocycles. The molecule has 0 saturated carbocycles. The predicted octanol–water partition coefficient (Wildman–Crippen LogP) is 4.37. The van der Waals surface area contributed by atoms with Crippen LogP contribution in [-0.4, -0.2) is 57.4 Å². The smallest absolute Gasteiger partial charge is 0.319 e. The van der Waals surface area contributed by atoms with Crippen LogP contribution in [0.1, 0.15) is 18.7 Å². The Morgan fingerprint density at radius 2 is 1.71 bits per heavy atom. The first-order valence-electron chi connectivity index (χ1n) is 11.6. The third kappa shape index (κ3) is 6.02. The summed E-state index contributed by atoms with van der Waals surface area (Å²) in [6.07, 6.45) is 1.68. The monoisotopic (exact) mass is 464 g/mol. The maximum Gasteiger partial charge on any atom is 0.319 e. The first kappa shape index (κ1) is 23.5. The van der Waals surface area contributed by atoms with Gasteiger partial charge in [0.15, 0.2) is 0 Å². The molecule has 8 nitrogen and oxygen atoms in total. The van der Waals surface area contributed by atoms with Crippen LogP contribution in [0.15, 0.2) is 71.3 Å². The summed E-state index contributed by atoms with van der Waals surface area (Å²) in [6, 6.07) is 19.0. The van der Waals surface area contributed by atoms with Crippen LogP contribution in [0.5, 0.6) is 11.5 Å². The van der Waals surface area contributed by atoms with Gasteiger partial charge in [0.05, 0.1) is 26.0 Å². The van der Waals surface area contributed by atoms with Gasteiger partial charge in [-0.15, -0.1) is 0 Å². The summed E-state index contributed by atoms with van der Waals surface area (Å²) in [5, 5.41) is 5.88. The minimum absolute atomic E-state index is 0.0425. The molecule has 180 valence electrons. The van der Waals surface area contributed by atoms with Gasteiger partial charge in [0.2, 0.25) is 0 Å². The summed E-state index contributed by atoms with van der Waals surface area (Å²) < 4.78 is 16.4. The van der Waals surface area contributed by atoms with Crippen LogP contribution in [-0.2, 0) is 0 Å². The quantitative estimate of drug-likeness (QED) is 0.490. The average Bonchev–Trinajstić information content (AvgIpc) is 3.41. The second-order valence-corrected chi connectivity index (χ2v) is 8.04. The molecule has 0 radical (unpaired) electrons. The van der Waals surface area contributed by atoms with E-state index in [0.717, 1.165) is 43.4 Å². The van der Waals surface area contributed by atoms with Crippen LogP contribution in [0.2, 0.25) is 0 Å². The first-order chi connectivity index (χ1) is 16.7. The summed E-state index contributed by atoms with van der Waals surface area (Å²) in [5.41, 5.74) is 1.89. The lowest BCUT2D eigenvalue weighted by Crippen LogP contribution is -2.50. The van der Waals surface area contributed by atoms with Gasteiger partial charge in [-0.05, 0) is 67.6 Å². The molecule has 1 aliphatic heterocycles. The van der Waals surface area contributed by atoms with E-state index in [4.69, 9.17) is 13.9 Å². The first-order valence-corrected chi connectivity index (χ1v) is 11.6. The molecule has 8 heteroatoms. The molecule has 2 N–H and O–H groups in total. The molecule has 1 aromatic heterocycles. The number of carbonyl (C=O) groups is 1.